The molecule has 0 unspecified atom stereocenters. The first kappa shape index (κ1) is 21.0. The van der Waals surface area contributed by atoms with Gasteiger partial charge in [-0.25, -0.2) is 4.99 Å². The van der Waals surface area contributed by atoms with Crippen LogP contribution in [0.5, 0.6) is 0 Å². The lowest BCUT2D eigenvalue weighted by atomic mass is 9.88. The van der Waals surface area contributed by atoms with Gasteiger partial charge in [0.15, 0.2) is 0 Å². The summed E-state index contributed by atoms with van der Waals surface area (Å²) in [5, 5.41) is 16.6. The Kier molecular flexibility index (Phi) is 7.04. The monoisotopic (exact) mass is 397 g/mol. The summed E-state index contributed by atoms with van der Waals surface area (Å²) >= 11 is 0. The van der Waals surface area contributed by atoms with E-state index in [1.807, 2.05) is 6.07 Å². The lowest BCUT2D eigenvalue weighted by molar-refractivity contribution is -0.114. The molecule has 1 saturated carbocycles. The van der Waals surface area contributed by atoms with E-state index >= 15 is 0 Å². The lowest BCUT2D eigenvalue weighted by Gasteiger charge is -2.29. The highest BCUT2D eigenvalue weighted by atomic mass is 16.3. The van der Waals surface area contributed by atoms with Gasteiger partial charge in [0, 0.05) is 6.04 Å². The number of nitrogens with one attached hydrogen (secondary N) is 2. The van der Waals surface area contributed by atoms with Crippen LogP contribution in [0.15, 0.2) is 45.6 Å². The second-order valence-electron chi connectivity index (χ2n) is 7.88. The second-order valence-corrected chi connectivity index (χ2v) is 7.88. The summed E-state index contributed by atoms with van der Waals surface area (Å²) < 4.78 is 0. The summed E-state index contributed by atoms with van der Waals surface area (Å²) in [7, 11) is 0. The fraction of sp³-hybridized carbons (Fsp3) is 0.500. The first-order valence-corrected chi connectivity index (χ1v) is 10.3. The molecule has 1 aromatic carbocycles. The minimum absolute atomic E-state index is 0.0354. The molecule has 0 radical (unpaired) electrons. The molecule has 2 aliphatic carbocycles. The van der Waals surface area contributed by atoms with Crippen molar-refractivity contribution in [3.05, 3.63) is 46.8 Å². The normalized spacial score (nSPS) is 25.4. The number of nitrogens with two attached hydrogens (primary N) is 1. The number of fused-ring (bicyclic) bond motifs is 1. The number of primary amides is 1. The molecule has 1 aromatic rings. The van der Waals surface area contributed by atoms with E-state index in [-0.39, 0.29) is 18.2 Å². The van der Waals surface area contributed by atoms with Crippen molar-refractivity contribution in [3.8, 4) is 0 Å². The minimum Gasteiger partial charge on any atom is -0.393 e. The molecule has 3 rings (SSSR count). The van der Waals surface area contributed by atoms with E-state index < -0.39 is 5.91 Å². The molecule has 29 heavy (non-hydrogen) atoms. The number of carbonyl (C=O) groups excluding carboxylic acids is 1. The molecule has 0 bridgehead atoms. The van der Waals surface area contributed by atoms with E-state index in [1.54, 1.807) is 6.92 Å². The molecule has 3 atom stereocenters. The van der Waals surface area contributed by atoms with Gasteiger partial charge < -0.3 is 21.5 Å². The van der Waals surface area contributed by atoms with Crippen LogP contribution in [0.25, 0.3) is 0 Å². The number of aliphatic hydroxyl groups is 1. The number of aliphatic hydroxyl groups excluding tert-OH is 1. The van der Waals surface area contributed by atoms with Gasteiger partial charge in [0.25, 0.3) is 0 Å². The van der Waals surface area contributed by atoms with Crippen molar-refractivity contribution in [2.24, 2.45) is 15.7 Å². The Morgan fingerprint density at radius 1 is 1.21 bits per heavy atom. The number of guanidine groups is 1. The van der Waals surface area contributed by atoms with Crippen molar-refractivity contribution < 1.29 is 9.90 Å². The molecule has 156 valence electrons. The van der Waals surface area contributed by atoms with Gasteiger partial charge in [-0.15, -0.1) is 0 Å². The van der Waals surface area contributed by atoms with E-state index in [0.717, 1.165) is 38.5 Å². The Bertz CT molecular complexity index is 817. The van der Waals surface area contributed by atoms with E-state index in [2.05, 4.69) is 45.5 Å². The van der Waals surface area contributed by atoms with Crippen LogP contribution in [0.4, 0.5) is 0 Å². The molecular formula is C22H31N5O2. The topological polar surface area (TPSA) is 112 Å². The average molecular weight is 398 g/mol. The molecule has 7 heteroatoms. The van der Waals surface area contributed by atoms with Crippen LogP contribution in [-0.4, -0.2) is 35.8 Å². The standard InChI is InChI=1S/C22H31N5O2/c1-14(20(23)29)21(25-16-9-6-10-17(28)13-16)27-22(24-2)26-19-12-5-8-15-7-3-4-11-18(15)19/h3-4,7,11,16-17,19,25,28H,2,5-6,8-10,12-13H2,1H3,(H2,23,29)(H,26,27)/b21-14+/t16-,17+,19+/m1/s1. The summed E-state index contributed by atoms with van der Waals surface area (Å²) in [4.78, 5) is 20.4. The fourth-order valence-electron chi connectivity index (χ4n) is 4.11. The van der Waals surface area contributed by atoms with E-state index in [1.165, 1.54) is 11.1 Å². The SMILES string of the molecule is C=N/C(=N\C(N[C@@H]1CCC[C@H](O)C1)=C(/C)C(N)=O)N[C@H]1CCCc2ccccc21. The van der Waals surface area contributed by atoms with Crippen LogP contribution in [0.1, 0.15) is 62.6 Å². The van der Waals surface area contributed by atoms with Gasteiger partial charge in [0.2, 0.25) is 11.9 Å². The van der Waals surface area contributed by atoms with Gasteiger partial charge in [0.05, 0.1) is 17.7 Å². The van der Waals surface area contributed by atoms with Crippen molar-refractivity contribution in [2.45, 2.75) is 70.1 Å². The third-order valence-corrected chi connectivity index (χ3v) is 5.75. The van der Waals surface area contributed by atoms with Crippen molar-refractivity contribution in [1.82, 2.24) is 10.6 Å². The maximum Gasteiger partial charge on any atom is 0.248 e. The molecule has 0 saturated heterocycles. The van der Waals surface area contributed by atoms with Gasteiger partial charge in [-0.2, -0.15) is 4.99 Å². The Labute approximate surface area is 172 Å². The second kappa shape index (κ2) is 9.69. The molecule has 7 nitrogen and oxygen atoms in total. The highest BCUT2D eigenvalue weighted by molar-refractivity contribution is 5.93. The number of rotatable bonds is 5. The summed E-state index contributed by atoms with van der Waals surface area (Å²) in [5.74, 6) is 0.195. The fourth-order valence-corrected chi connectivity index (χ4v) is 4.11. The van der Waals surface area contributed by atoms with Crippen molar-refractivity contribution in [3.63, 3.8) is 0 Å². The maximum atomic E-state index is 11.8. The third-order valence-electron chi connectivity index (χ3n) is 5.75. The largest absolute Gasteiger partial charge is 0.393 e. The summed E-state index contributed by atoms with van der Waals surface area (Å²) in [6.45, 7) is 5.29. The Morgan fingerprint density at radius 3 is 2.72 bits per heavy atom. The van der Waals surface area contributed by atoms with Crippen molar-refractivity contribution in [2.75, 3.05) is 0 Å². The van der Waals surface area contributed by atoms with E-state index in [0.29, 0.717) is 23.8 Å². The first-order chi connectivity index (χ1) is 14.0. The smallest absolute Gasteiger partial charge is 0.248 e. The molecule has 1 amide bonds. The van der Waals surface area contributed by atoms with E-state index in [9.17, 15) is 9.90 Å². The average Bonchev–Trinajstić information content (AvgIpc) is 2.72. The number of carbonyl (C=O) groups is 1. The Balaban J connectivity index is 1.82. The molecule has 0 heterocycles. The number of benzene rings is 1. The third kappa shape index (κ3) is 5.44. The number of amides is 1. The van der Waals surface area contributed by atoms with Crippen LogP contribution in [0.2, 0.25) is 0 Å². The quantitative estimate of drug-likeness (QED) is 0.347. The number of aliphatic imine (C=N–C) groups is 2. The van der Waals surface area contributed by atoms with Crippen LogP contribution < -0.4 is 16.4 Å². The predicted molar refractivity (Wildman–Crippen MR) is 116 cm³/mol. The van der Waals surface area contributed by atoms with Crippen LogP contribution >= 0.6 is 0 Å². The number of hydrogen-bond donors (Lipinski definition) is 4. The zero-order valence-electron chi connectivity index (χ0n) is 17.0. The molecule has 2 aliphatic rings. The summed E-state index contributed by atoms with van der Waals surface area (Å²) in [6, 6.07) is 8.50. The van der Waals surface area contributed by atoms with Crippen LogP contribution in [0.3, 0.4) is 0 Å². The highest BCUT2D eigenvalue weighted by Crippen LogP contribution is 2.29. The lowest BCUT2D eigenvalue weighted by Crippen LogP contribution is -2.37. The maximum absolute atomic E-state index is 11.8. The minimum atomic E-state index is -0.543. The van der Waals surface area contributed by atoms with E-state index in [4.69, 9.17) is 5.73 Å². The van der Waals surface area contributed by atoms with Gasteiger partial charge in [-0.05, 0) is 69.7 Å². The van der Waals surface area contributed by atoms with Crippen LogP contribution in [0, 0.1) is 0 Å². The van der Waals surface area contributed by atoms with Gasteiger partial charge in [0.1, 0.15) is 5.82 Å². The van der Waals surface area contributed by atoms with Crippen molar-refractivity contribution >= 4 is 18.6 Å². The van der Waals surface area contributed by atoms with Gasteiger partial charge >= 0.3 is 0 Å². The number of nitrogens with zero attached hydrogens (tertiary/aromatic N) is 2. The molecule has 0 spiro atoms. The Morgan fingerprint density at radius 2 is 2.00 bits per heavy atom. The molecule has 1 fully saturated rings. The van der Waals surface area contributed by atoms with Gasteiger partial charge in [-0.1, -0.05) is 24.3 Å². The first-order valence-electron chi connectivity index (χ1n) is 10.3. The number of hydrogen-bond acceptors (Lipinski definition) is 4. The van der Waals surface area contributed by atoms with Gasteiger partial charge in [-0.3, -0.25) is 4.79 Å². The molecule has 0 aliphatic heterocycles. The molecule has 5 N–H and O–H groups in total. The number of aryl methyl sites for hydroxylation is 1. The molecular weight excluding hydrogens is 366 g/mol. The summed E-state index contributed by atoms with van der Waals surface area (Å²) in [5.41, 5.74) is 8.42. The Hall–Kier alpha value is -2.67. The van der Waals surface area contributed by atoms with Crippen LogP contribution in [-0.2, 0) is 11.2 Å². The van der Waals surface area contributed by atoms with Crippen molar-refractivity contribution in [1.29, 1.82) is 0 Å². The predicted octanol–water partition coefficient (Wildman–Crippen LogP) is 2.32. The molecule has 0 aromatic heterocycles. The summed E-state index contributed by atoms with van der Waals surface area (Å²) in [6.07, 6.45) is 6.04. The zero-order chi connectivity index (χ0) is 20.8. The highest BCUT2D eigenvalue weighted by Gasteiger charge is 2.23. The zero-order valence-corrected chi connectivity index (χ0v) is 17.0.